The Bertz CT molecular complexity index is 1500. The molecule has 5 N–H and O–H groups in total. The first kappa shape index (κ1) is 25.6. The highest BCUT2D eigenvalue weighted by molar-refractivity contribution is 8.01. The predicted octanol–water partition coefficient (Wildman–Crippen LogP) is 1.13. The molecule has 4 heterocycles. The Labute approximate surface area is 225 Å². The number of aldehydes is 1. The number of hydrogen-bond donors (Lipinski definition) is 4. The lowest BCUT2D eigenvalue weighted by atomic mass is 10.0. The molecule has 1 saturated heterocycles. The van der Waals surface area contributed by atoms with Crippen molar-refractivity contribution in [1.82, 2.24) is 20.1 Å². The predicted molar refractivity (Wildman–Crippen MR) is 135 cm³/mol. The number of thioether (sulfide) groups is 2. The average molecular weight is 577 g/mol. The van der Waals surface area contributed by atoms with E-state index in [1.54, 1.807) is 0 Å². The number of phenols is 2. The topological polar surface area (TPSA) is 213 Å². The first-order valence-corrected chi connectivity index (χ1v) is 13.5. The van der Waals surface area contributed by atoms with Gasteiger partial charge >= 0.3 is 5.97 Å². The number of carbonyl (C=O) groups excluding carboxylic acids is 3. The van der Waals surface area contributed by atoms with Gasteiger partial charge in [0.1, 0.15) is 22.9 Å². The minimum Gasteiger partial charge on any atom is -0.504 e. The van der Waals surface area contributed by atoms with E-state index in [0.717, 1.165) is 32.9 Å². The van der Waals surface area contributed by atoms with Crippen molar-refractivity contribution < 1.29 is 38.9 Å². The summed E-state index contributed by atoms with van der Waals surface area (Å²) in [5.74, 6) is -3.20. The van der Waals surface area contributed by atoms with Crippen LogP contribution in [0.2, 0.25) is 0 Å². The number of hydrogen-bond acceptors (Lipinski definition) is 14. The van der Waals surface area contributed by atoms with Gasteiger partial charge in [-0.05, 0) is 23.8 Å². The zero-order valence-electron chi connectivity index (χ0n) is 18.9. The first-order valence-electron chi connectivity index (χ1n) is 10.6. The van der Waals surface area contributed by atoms with Crippen LogP contribution in [-0.4, -0.2) is 82.4 Å². The average Bonchev–Trinajstić information content (AvgIpc) is 3.55. The fourth-order valence-electron chi connectivity index (χ4n) is 3.91. The normalized spacial score (nSPS) is 18.6. The van der Waals surface area contributed by atoms with Gasteiger partial charge in [0, 0.05) is 22.4 Å². The molecule has 0 bridgehead atoms. The van der Waals surface area contributed by atoms with Gasteiger partial charge in [0.25, 0.3) is 17.0 Å². The molecule has 2 aromatic heterocycles. The largest absolute Gasteiger partial charge is 0.504 e. The number of nitrogens with two attached hydrogens (primary N) is 1. The van der Waals surface area contributed by atoms with Crippen molar-refractivity contribution in [1.29, 1.82) is 0 Å². The molecule has 2 aliphatic rings. The summed E-state index contributed by atoms with van der Waals surface area (Å²) >= 11 is 3.33. The number of β-lactam (4-membered cyclic amide) rings is 1. The molecular formula is C21H16N6O8S3. The Balaban J connectivity index is 1.35. The number of fused-ring (bicyclic) bond motifs is 1. The molecule has 1 aromatic carbocycles. The summed E-state index contributed by atoms with van der Waals surface area (Å²) in [6.07, 6.45) is 0.0627. The first-order chi connectivity index (χ1) is 18.2. The summed E-state index contributed by atoms with van der Waals surface area (Å²) in [5.41, 5.74) is 6.22. The number of benzene rings is 1. The lowest BCUT2D eigenvalue weighted by Crippen LogP contribution is -2.72. The third-order valence-electron chi connectivity index (χ3n) is 5.59. The molecule has 5 rings (SSSR count). The molecule has 1 fully saturated rings. The Morgan fingerprint density at radius 1 is 1.29 bits per heavy atom. The van der Waals surface area contributed by atoms with Gasteiger partial charge in [-0.25, -0.2) is 9.78 Å². The number of carbonyl (C=O) groups is 4. The highest BCUT2D eigenvalue weighted by Gasteiger charge is 2.57. The molecule has 3 aromatic rings. The van der Waals surface area contributed by atoms with Gasteiger partial charge in [-0.3, -0.25) is 24.2 Å². The molecular weight excluding hydrogens is 560 g/mol. The second kappa shape index (κ2) is 9.99. The SMILES string of the molecule is Nc1nc(N(C(=O)C=O)[C@@H]2C(=O)N3C(C(=O)O)=C(CSc4nnc(-c5ccc(O)c(O)c5)o4)CS[C@H]23)cs1. The monoisotopic (exact) mass is 576 g/mol. The molecule has 14 nitrogen and oxygen atoms in total. The van der Waals surface area contributed by atoms with E-state index in [0.29, 0.717) is 11.1 Å². The fraction of sp³-hybridized carbons (Fsp3) is 0.190. The Morgan fingerprint density at radius 3 is 2.74 bits per heavy atom. The van der Waals surface area contributed by atoms with E-state index in [-0.39, 0.29) is 57.1 Å². The van der Waals surface area contributed by atoms with Gasteiger partial charge in [0.2, 0.25) is 12.2 Å². The lowest BCUT2D eigenvalue weighted by Gasteiger charge is -2.52. The lowest BCUT2D eigenvalue weighted by molar-refractivity contribution is -0.149. The van der Waals surface area contributed by atoms with Crippen LogP contribution in [0.3, 0.4) is 0 Å². The summed E-state index contributed by atoms with van der Waals surface area (Å²) in [4.78, 5) is 55.0. The number of rotatable bonds is 8. The Kier molecular flexibility index (Phi) is 6.72. The minimum atomic E-state index is -1.32. The number of aliphatic carboxylic acids is 1. The second-order valence-electron chi connectivity index (χ2n) is 7.85. The zero-order chi connectivity index (χ0) is 27.1. The van der Waals surface area contributed by atoms with Gasteiger partial charge in [0.05, 0.1) is 0 Å². The Hall–Kier alpha value is -4.09. The van der Waals surface area contributed by atoms with Crippen molar-refractivity contribution in [3.05, 3.63) is 34.8 Å². The summed E-state index contributed by atoms with van der Waals surface area (Å²) in [7, 11) is 0. The van der Waals surface area contributed by atoms with Crippen LogP contribution < -0.4 is 10.6 Å². The quantitative estimate of drug-likeness (QED) is 0.0973. The Morgan fingerprint density at radius 2 is 2.08 bits per heavy atom. The van der Waals surface area contributed by atoms with E-state index in [9.17, 15) is 34.5 Å². The third-order valence-corrected chi connectivity index (χ3v) is 8.48. The van der Waals surface area contributed by atoms with E-state index < -0.39 is 29.2 Å². The molecule has 0 spiro atoms. The van der Waals surface area contributed by atoms with Crippen LogP contribution in [0, 0.1) is 0 Å². The zero-order valence-corrected chi connectivity index (χ0v) is 21.3. The van der Waals surface area contributed by atoms with E-state index >= 15 is 0 Å². The molecule has 38 heavy (non-hydrogen) atoms. The van der Waals surface area contributed by atoms with E-state index in [4.69, 9.17) is 10.2 Å². The van der Waals surface area contributed by atoms with Crippen LogP contribution in [0.5, 0.6) is 11.5 Å². The van der Waals surface area contributed by atoms with Crippen molar-refractivity contribution >= 4 is 69.9 Å². The number of carboxylic acids is 1. The number of aromatic nitrogens is 3. The summed E-state index contributed by atoms with van der Waals surface area (Å²) in [5, 5.41) is 37.8. The molecule has 2 amide bonds. The standard InChI is InChI=1S/C21H16N6O8S3/c22-20-23-12(7-37-20)26(13(31)4-28)15-17(32)27-14(19(33)34)9(5-36-18(15)27)6-38-21-25-24-16(35-21)8-1-2-10(29)11(30)3-8/h1-4,7,15,18,29-30H,5-6H2,(H2,22,23)(H,33,34)/t15-,18-/m1/s1. The maximum absolute atomic E-state index is 13.1. The number of carboxylic acid groups (broad SMARTS) is 1. The highest BCUT2D eigenvalue weighted by atomic mass is 32.2. The maximum Gasteiger partial charge on any atom is 0.352 e. The van der Waals surface area contributed by atoms with E-state index in [1.165, 1.54) is 35.3 Å². The third kappa shape index (κ3) is 4.44. The molecule has 2 aliphatic heterocycles. The number of anilines is 2. The van der Waals surface area contributed by atoms with Gasteiger partial charge in [0.15, 0.2) is 16.6 Å². The number of thiazole rings is 1. The van der Waals surface area contributed by atoms with Gasteiger partial charge in [-0.1, -0.05) is 11.8 Å². The van der Waals surface area contributed by atoms with Crippen LogP contribution in [0.25, 0.3) is 11.5 Å². The second-order valence-corrected chi connectivity index (χ2v) is 10.8. The van der Waals surface area contributed by atoms with Crippen LogP contribution in [0.15, 0.2) is 44.5 Å². The molecule has 0 saturated carbocycles. The molecule has 0 radical (unpaired) electrons. The summed E-state index contributed by atoms with van der Waals surface area (Å²) in [6, 6.07) is 2.88. The number of nitrogens with zero attached hydrogens (tertiary/aromatic N) is 5. The van der Waals surface area contributed by atoms with Crippen molar-refractivity contribution in [2.24, 2.45) is 0 Å². The summed E-state index contributed by atoms with van der Waals surface area (Å²) < 4.78 is 5.57. The molecule has 17 heteroatoms. The number of phenolic OH excluding ortho intramolecular Hbond substituents is 2. The van der Waals surface area contributed by atoms with Crippen molar-refractivity contribution in [2.45, 2.75) is 16.6 Å². The van der Waals surface area contributed by atoms with Crippen LogP contribution in [0.4, 0.5) is 10.9 Å². The van der Waals surface area contributed by atoms with Crippen LogP contribution >= 0.6 is 34.9 Å². The van der Waals surface area contributed by atoms with Crippen molar-refractivity contribution in [2.75, 3.05) is 22.1 Å². The highest BCUT2D eigenvalue weighted by Crippen LogP contribution is 2.44. The van der Waals surface area contributed by atoms with Crippen molar-refractivity contribution in [3.8, 4) is 23.0 Å². The van der Waals surface area contributed by atoms with E-state index in [1.807, 2.05) is 0 Å². The number of nitrogen functional groups attached to an aromatic ring is 1. The number of amides is 2. The molecule has 0 unspecified atom stereocenters. The smallest absolute Gasteiger partial charge is 0.352 e. The summed E-state index contributed by atoms with van der Waals surface area (Å²) in [6.45, 7) is 0. The van der Waals surface area contributed by atoms with Crippen molar-refractivity contribution in [3.63, 3.8) is 0 Å². The fourth-order valence-corrected chi connectivity index (χ4v) is 6.74. The molecule has 0 aliphatic carbocycles. The maximum atomic E-state index is 13.1. The van der Waals surface area contributed by atoms with Gasteiger partial charge in [-0.2, -0.15) is 0 Å². The molecule has 196 valence electrons. The molecule has 2 atom stereocenters. The number of aromatic hydroxyl groups is 2. The van der Waals surface area contributed by atoms with Gasteiger partial charge in [-0.15, -0.1) is 33.3 Å². The van der Waals surface area contributed by atoms with Crippen LogP contribution in [0.1, 0.15) is 0 Å². The van der Waals surface area contributed by atoms with Crippen LogP contribution in [-0.2, 0) is 19.2 Å². The van der Waals surface area contributed by atoms with E-state index in [2.05, 4.69) is 15.2 Å². The van der Waals surface area contributed by atoms with Gasteiger partial charge < -0.3 is 25.5 Å². The minimum absolute atomic E-state index is 0.0413.